The van der Waals surface area contributed by atoms with Crippen LogP contribution in [0.15, 0.2) is 87.9 Å². The van der Waals surface area contributed by atoms with Gasteiger partial charge in [0.15, 0.2) is 11.5 Å². The third kappa shape index (κ3) is 2.91. The highest BCUT2D eigenvalue weighted by Crippen LogP contribution is 2.31. The van der Waals surface area contributed by atoms with Crippen molar-refractivity contribution in [3.8, 4) is 39.9 Å². The van der Waals surface area contributed by atoms with Gasteiger partial charge in [-0.2, -0.15) is 5.10 Å². The van der Waals surface area contributed by atoms with E-state index in [4.69, 9.17) is 14.1 Å². The normalized spacial score (nSPS) is 11.0. The second-order valence-corrected chi connectivity index (χ2v) is 6.44. The van der Waals surface area contributed by atoms with E-state index in [0.717, 1.165) is 28.3 Å². The topological polar surface area (TPSA) is 69.9 Å². The summed E-state index contributed by atoms with van der Waals surface area (Å²) in [6, 6.07) is 25.5. The molecule has 0 amide bonds. The average Bonchev–Trinajstić information content (AvgIpc) is 3.48. The lowest BCUT2D eigenvalue weighted by atomic mass is 10.1. The number of hydrogen-bond acceptors (Lipinski definition) is 5. The van der Waals surface area contributed by atoms with Crippen LogP contribution >= 0.6 is 0 Å². The molecule has 0 fully saturated rings. The van der Waals surface area contributed by atoms with Gasteiger partial charge >= 0.3 is 0 Å². The Morgan fingerprint density at radius 3 is 2.14 bits per heavy atom. The number of hydrogen-bond donors (Lipinski definition) is 0. The van der Waals surface area contributed by atoms with Crippen LogP contribution in [0.4, 0.5) is 0 Å². The van der Waals surface area contributed by atoms with E-state index in [2.05, 4.69) is 10.3 Å². The van der Waals surface area contributed by atoms with E-state index in [1.807, 2.05) is 90.5 Å². The average molecular weight is 368 g/mol. The van der Waals surface area contributed by atoms with E-state index < -0.39 is 0 Å². The van der Waals surface area contributed by atoms with Gasteiger partial charge in [-0.15, -0.1) is 0 Å². The smallest absolute Gasteiger partial charge is 0.187 e. The van der Waals surface area contributed by atoms with Crippen LogP contribution in [-0.4, -0.2) is 20.1 Å². The summed E-state index contributed by atoms with van der Waals surface area (Å²) in [5.41, 5.74) is 4.94. The van der Waals surface area contributed by atoms with E-state index in [-0.39, 0.29) is 0 Å². The van der Waals surface area contributed by atoms with Gasteiger partial charge in [-0.1, -0.05) is 58.8 Å². The zero-order valence-corrected chi connectivity index (χ0v) is 15.1. The third-order valence-corrected chi connectivity index (χ3v) is 4.42. The molecule has 28 heavy (non-hydrogen) atoms. The number of nitrogens with zero attached hydrogens (tertiary/aromatic N) is 4. The first-order valence-corrected chi connectivity index (χ1v) is 8.89. The molecule has 0 unspecified atom stereocenters. The van der Waals surface area contributed by atoms with E-state index in [0.29, 0.717) is 17.2 Å². The molecule has 5 aromatic rings. The fraction of sp³-hybridized carbons (Fsp3) is 0.0455. The minimum absolute atomic E-state index is 0.608. The molecule has 0 radical (unpaired) electrons. The first-order chi connectivity index (χ1) is 13.8. The van der Waals surface area contributed by atoms with Crippen molar-refractivity contribution in [2.75, 3.05) is 0 Å². The molecule has 0 bridgehead atoms. The van der Waals surface area contributed by atoms with Gasteiger partial charge < -0.3 is 9.05 Å². The summed E-state index contributed by atoms with van der Waals surface area (Å²) in [6.07, 6.45) is 0. The molecule has 0 spiro atoms. The first kappa shape index (κ1) is 16.3. The molecular weight excluding hydrogens is 352 g/mol. The molecular formula is C22H16N4O2. The van der Waals surface area contributed by atoms with Crippen molar-refractivity contribution in [2.45, 2.75) is 6.92 Å². The summed E-state index contributed by atoms with van der Waals surface area (Å²) in [4.78, 5) is 0. The minimum atomic E-state index is 0.608. The van der Waals surface area contributed by atoms with Gasteiger partial charge in [0.05, 0.1) is 11.4 Å². The second kappa shape index (κ2) is 6.66. The predicted octanol–water partition coefficient (Wildman–Crippen LogP) is 5.16. The van der Waals surface area contributed by atoms with Crippen LogP contribution in [0.2, 0.25) is 0 Å². The molecule has 0 atom stereocenters. The highest BCUT2D eigenvalue weighted by atomic mass is 16.5. The van der Waals surface area contributed by atoms with E-state index in [1.54, 1.807) is 0 Å². The fourth-order valence-corrected chi connectivity index (χ4v) is 3.07. The Morgan fingerprint density at radius 2 is 1.43 bits per heavy atom. The molecule has 2 aromatic carbocycles. The lowest BCUT2D eigenvalue weighted by Crippen LogP contribution is -1.98. The number of para-hydroxylation sites is 1. The van der Waals surface area contributed by atoms with Gasteiger partial charge in [-0.05, 0) is 25.1 Å². The van der Waals surface area contributed by atoms with Crippen molar-refractivity contribution >= 4 is 0 Å². The Labute approximate surface area is 161 Å². The molecule has 0 N–H and O–H groups in total. The second-order valence-electron chi connectivity index (χ2n) is 6.44. The Kier molecular flexibility index (Phi) is 3.87. The molecule has 0 saturated carbocycles. The maximum Gasteiger partial charge on any atom is 0.187 e. The summed E-state index contributed by atoms with van der Waals surface area (Å²) in [5, 5.41) is 12.9. The maximum absolute atomic E-state index is 5.66. The van der Waals surface area contributed by atoms with E-state index >= 15 is 0 Å². The Hall–Kier alpha value is -3.93. The number of aryl methyl sites for hydroxylation is 1. The summed E-state index contributed by atoms with van der Waals surface area (Å²) in [7, 11) is 0. The Balaban J connectivity index is 1.64. The standard InChI is InChI=1S/C22H16N4O2/c1-15-12-21(27-24-15)19-13-20(26(23-19)17-10-6-3-7-11-17)22-14-18(25-28-22)16-8-4-2-5-9-16/h2-14H,1H3. The summed E-state index contributed by atoms with van der Waals surface area (Å²) >= 11 is 0. The molecule has 3 heterocycles. The van der Waals surface area contributed by atoms with Crippen LogP contribution in [-0.2, 0) is 0 Å². The number of benzene rings is 2. The van der Waals surface area contributed by atoms with Gasteiger partial charge in [0, 0.05) is 17.7 Å². The molecule has 6 nitrogen and oxygen atoms in total. The van der Waals surface area contributed by atoms with Crippen molar-refractivity contribution in [1.29, 1.82) is 0 Å². The lowest BCUT2D eigenvalue weighted by Gasteiger charge is -2.04. The molecule has 0 aliphatic heterocycles. The molecule has 5 rings (SSSR count). The highest BCUT2D eigenvalue weighted by molar-refractivity contribution is 5.69. The zero-order valence-electron chi connectivity index (χ0n) is 15.1. The van der Waals surface area contributed by atoms with Crippen molar-refractivity contribution in [3.63, 3.8) is 0 Å². The van der Waals surface area contributed by atoms with Crippen molar-refractivity contribution < 1.29 is 9.05 Å². The van der Waals surface area contributed by atoms with Crippen LogP contribution in [0.3, 0.4) is 0 Å². The Bertz CT molecular complexity index is 1220. The zero-order chi connectivity index (χ0) is 18.9. The first-order valence-electron chi connectivity index (χ1n) is 8.89. The molecule has 6 heteroatoms. The molecule has 3 aromatic heterocycles. The quantitative estimate of drug-likeness (QED) is 0.438. The number of rotatable bonds is 4. The van der Waals surface area contributed by atoms with Gasteiger partial charge in [-0.3, -0.25) is 0 Å². The summed E-state index contributed by atoms with van der Waals surface area (Å²) in [5.74, 6) is 1.23. The molecule has 0 aliphatic carbocycles. The number of aromatic nitrogens is 4. The van der Waals surface area contributed by atoms with Crippen molar-refractivity contribution in [1.82, 2.24) is 20.1 Å². The maximum atomic E-state index is 5.66. The minimum Gasteiger partial charge on any atom is -0.354 e. The summed E-state index contributed by atoms with van der Waals surface area (Å²) in [6.45, 7) is 1.88. The van der Waals surface area contributed by atoms with Crippen LogP contribution in [0.5, 0.6) is 0 Å². The van der Waals surface area contributed by atoms with Crippen molar-refractivity contribution in [2.24, 2.45) is 0 Å². The summed E-state index contributed by atoms with van der Waals surface area (Å²) < 4.78 is 12.9. The van der Waals surface area contributed by atoms with Gasteiger partial charge in [-0.25, -0.2) is 4.68 Å². The van der Waals surface area contributed by atoms with Crippen LogP contribution in [0.25, 0.3) is 39.9 Å². The largest absolute Gasteiger partial charge is 0.354 e. The molecule has 136 valence electrons. The highest BCUT2D eigenvalue weighted by Gasteiger charge is 2.19. The van der Waals surface area contributed by atoms with Crippen LogP contribution < -0.4 is 0 Å². The van der Waals surface area contributed by atoms with Gasteiger partial charge in [0.2, 0.25) is 0 Å². The fourth-order valence-electron chi connectivity index (χ4n) is 3.07. The molecule has 0 aliphatic rings. The lowest BCUT2D eigenvalue weighted by molar-refractivity contribution is 0.425. The van der Waals surface area contributed by atoms with Gasteiger partial charge in [0.1, 0.15) is 17.1 Å². The van der Waals surface area contributed by atoms with Gasteiger partial charge in [0.25, 0.3) is 0 Å². The monoisotopic (exact) mass is 368 g/mol. The molecule has 0 saturated heterocycles. The van der Waals surface area contributed by atoms with Crippen molar-refractivity contribution in [3.05, 3.63) is 84.6 Å². The van der Waals surface area contributed by atoms with E-state index in [1.165, 1.54) is 0 Å². The predicted molar refractivity (Wildman–Crippen MR) is 105 cm³/mol. The SMILES string of the molecule is Cc1cc(-c2cc(-c3cc(-c4ccccc4)no3)n(-c3ccccc3)n2)on1. The van der Waals surface area contributed by atoms with Crippen LogP contribution in [0, 0.1) is 6.92 Å². The van der Waals surface area contributed by atoms with Crippen LogP contribution in [0.1, 0.15) is 5.69 Å². The Morgan fingerprint density at radius 1 is 0.714 bits per heavy atom. The third-order valence-electron chi connectivity index (χ3n) is 4.42. The van der Waals surface area contributed by atoms with E-state index in [9.17, 15) is 0 Å².